The van der Waals surface area contributed by atoms with Gasteiger partial charge in [0.25, 0.3) is 12.4 Å². The third-order valence-corrected chi connectivity index (χ3v) is 19.8. The largest absolute Gasteiger partial charge is 0.569 e. The molecule has 16 rings (SSSR count). The lowest BCUT2D eigenvalue weighted by atomic mass is 10.1. The zero-order valence-electron chi connectivity index (χ0n) is 64.4. The van der Waals surface area contributed by atoms with Gasteiger partial charge < -0.3 is 51.7 Å². The highest BCUT2D eigenvalue weighted by Crippen LogP contribution is 2.32. The number of rotatable bonds is 24. The number of hydrazine groups is 1. The average Bonchev–Trinajstić information content (AvgIpc) is 1.65. The predicted molar refractivity (Wildman–Crippen MR) is 484 cm³/mol. The van der Waals surface area contributed by atoms with Crippen molar-refractivity contribution in [2.45, 2.75) is 66.6 Å². The number of H-pyrrole nitrogens is 1. The van der Waals surface area contributed by atoms with Crippen molar-refractivity contribution in [2.75, 3.05) is 39.4 Å². The van der Waals surface area contributed by atoms with E-state index in [4.69, 9.17) is 53.1 Å². The molecule has 30 nitrogen and oxygen atoms in total. The normalized spacial score (nSPS) is 10.5. The number of halogens is 5. The zero-order chi connectivity index (χ0) is 83.8. The van der Waals surface area contributed by atoms with Gasteiger partial charge in [0.05, 0.1) is 41.8 Å². The Morgan fingerprint density at radius 2 is 0.932 bits per heavy atom. The topological polar surface area (TPSA) is 361 Å². The molecule has 0 aliphatic heterocycles. The number of methoxy groups -OCH3 is 2. The predicted octanol–water partition coefficient (Wildman–Crippen LogP) is 15.5. The second kappa shape index (κ2) is 49.8. The molecule has 118 heavy (non-hydrogen) atoms. The van der Waals surface area contributed by atoms with Crippen molar-refractivity contribution in [1.29, 1.82) is 0 Å². The van der Waals surface area contributed by atoms with E-state index in [0.29, 0.717) is 77.1 Å². The zero-order valence-corrected chi connectivity index (χ0v) is 74.6. The van der Waals surface area contributed by atoms with E-state index in [0.717, 1.165) is 92.1 Å². The molecule has 0 aliphatic rings. The molecule has 0 saturated heterocycles. The van der Waals surface area contributed by atoms with Gasteiger partial charge in [-0.05, 0) is 177 Å². The molecule has 0 atom stereocenters. The van der Waals surface area contributed by atoms with E-state index in [1.165, 1.54) is 32.4 Å². The first-order chi connectivity index (χ1) is 57.6. The number of carbonyl (C=O) groups excluding carboxylic acids is 3. The molecule has 5 N–H and O–H groups in total. The fourth-order valence-corrected chi connectivity index (χ4v) is 13.6. The van der Waals surface area contributed by atoms with Gasteiger partial charge in [-0.3, -0.25) is 43.6 Å². The number of carbonyl (C=O) groups is 3. The second-order valence-corrected chi connectivity index (χ2v) is 28.6. The molecule has 0 saturated carbocycles. The number of hydrogen-bond donors (Lipinski definition) is 4. The second-order valence-electron chi connectivity index (χ2n) is 23.9. The lowest BCUT2D eigenvalue weighted by Crippen LogP contribution is -2.33. The maximum absolute atomic E-state index is 11.1. The Kier molecular flexibility index (Phi) is 38.7. The molecule has 0 unspecified atom stereocenters. The number of esters is 2. The van der Waals surface area contributed by atoms with Gasteiger partial charge in [0, 0.05) is 58.4 Å². The molecule has 0 fully saturated rings. The number of benzene rings is 9. The minimum Gasteiger partial charge on any atom is -0.537 e. The summed E-state index contributed by atoms with van der Waals surface area (Å²) in [6, 6.07) is 75.0. The number of nitrogens with zero attached hydrogens (tertiary/aromatic N) is 13. The van der Waals surface area contributed by atoms with Crippen LogP contribution in [0.15, 0.2) is 252 Å². The van der Waals surface area contributed by atoms with Crippen molar-refractivity contribution in [3.8, 4) is 28.5 Å². The number of aromatic amines is 1. The Labute approximate surface area is 742 Å². The first kappa shape index (κ1) is 91.6. The molecule has 0 spiro atoms. The lowest BCUT2D eigenvalue weighted by Gasteiger charge is -2.15. The number of amides is 1. The minimum absolute atomic E-state index is 0.139. The quantitative estimate of drug-likeness (QED) is 0.00638. The Hall–Kier alpha value is -10.3. The number of aromatic nitrogens is 14. The number of ether oxygens (including phenoxy) is 7. The van der Waals surface area contributed by atoms with Crippen LogP contribution in [0.4, 0.5) is 0 Å². The van der Waals surface area contributed by atoms with Crippen LogP contribution < -0.4 is 25.4 Å². The molecule has 611 valence electrons. The summed E-state index contributed by atoms with van der Waals surface area (Å²) in [6.07, 6.45) is 2.65. The van der Waals surface area contributed by atoms with Crippen LogP contribution in [-0.4, -0.2) is 146 Å². The number of nitrogens with one attached hydrogen (secondary N) is 2. The number of fused-ring (bicyclic) bond motifs is 5. The smallest absolute Gasteiger partial charge is 0.537 e. The molecular formula is C82H81BBrI4N16O14. The highest BCUT2D eigenvalue weighted by molar-refractivity contribution is 14.1. The summed E-state index contributed by atoms with van der Waals surface area (Å²) in [5.74, 6) is 7.36. The maximum atomic E-state index is 11.1. The number of alkyl halides is 1. The van der Waals surface area contributed by atoms with E-state index in [2.05, 4.69) is 197 Å². The van der Waals surface area contributed by atoms with Crippen LogP contribution in [0.2, 0.25) is 0 Å². The molecule has 16 aromatic rings. The summed E-state index contributed by atoms with van der Waals surface area (Å²) in [5, 5.41) is 54.3. The first-order valence-electron chi connectivity index (χ1n) is 36.1. The van der Waals surface area contributed by atoms with Crippen LogP contribution in [0.3, 0.4) is 0 Å². The molecule has 1 radical (unpaired) electrons. The third-order valence-electron chi connectivity index (χ3n) is 16.1. The molecule has 1 amide bonds. The van der Waals surface area contributed by atoms with Crippen LogP contribution in [-0.2, 0) is 77.5 Å². The Morgan fingerprint density at radius 3 is 1.39 bits per heavy atom. The summed E-state index contributed by atoms with van der Waals surface area (Å²) in [7, 11) is 3.37. The van der Waals surface area contributed by atoms with Crippen molar-refractivity contribution in [1.82, 2.24) is 75.1 Å². The van der Waals surface area contributed by atoms with Crippen molar-refractivity contribution < 1.29 is 66.1 Å². The monoisotopic (exact) mass is 2110 g/mol. The summed E-state index contributed by atoms with van der Waals surface area (Å²) in [4.78, 5) is 32.2. The van der Waals surface area contributed by atoms with Gasteiger partial charge in [-0.25, -0.2) is 5.84 Å². The van der Waals surface area contributed by atoms with Gasteiger partial charge in [0.1, 0.15) is 82.5 Å². The van der Waals surface area contributed by atoms with E-state index in [9.17, 15) is 14.4 Å². The first-order valence-corrected chi connectivity index (χ1v) is 41.6. The van der Waals surface area contributed by atoms with E-state index in [-0.39, 0.29) is 36.3 Å². The Bertz CT molecular complexity index is 5580. The third kappa shape index (κ3) is 28.5. The minimum atomic E-state index is -0.472. The van der Waals surface area contributed by atoms with Gasteiger partial charge in [-0.2, -0.15) is 25.5 Å². The van der Waals surface area contributed by atoms with Crippen LogP contribution in [0.1, 0.15) is 43.7 Å². The van der Waals surface area contributed by atoms with Gasteiger partial charge in [0.15, 0.2) is 0 Å². The highest BCUT2D eigenvalue weighted by Gasteiger charge is 2.17. The van der Waals surface area contributed by atoms with Gasteiger partial charge in [0.2, 0.25) is 24.6 Å². The van der Waals surface area contributed by atoms with Gasteiger partial charge in [-0.1, -0.05) is 186 Å². The molecule has 7 aromatic heterocycles. The summed E-state index contributed by atoms with van der Waals surface area (Å²) in [6.45, 7) is 9.35. The maximum Gasteiger partial charge on any atom is 0.569 e. The fourth-order valence-electron chi connectivity index (χ4n) is 10.7. The van der Waals surface area contributed by atoms with Crippen molar-refractivity contribution in [3.05, 3.63) is 281 Å². The Balaban J connectivity index is 0.000000160. The van der Waals surface area contributed by atoms with Crippen molar-refractivity contribution in [3.63, 3.8) is 0 Å². The summed E-state index contributed by atoms with van der Waals surface area (Å²) < 4.78 is 61.8. The van der Waals surface area contributed by atoms with Crippen molar-refractivity contribution in [2.24, 2.45) is 5.84 Å². The van der Waals surface area contributed by atoms with E-state index >= 15 is 0 Å². The summed E-state index contributed by atoms with van der Waals surface area (Å²) >= 11 is 11.7. The molecule has 0 aliphatic carbocycles. The average molecular weight is 2110 g/mol. The summed E-state index contributed by atoms with van der Waals surface area (Å²) in [5.41, 5.74) is 11.2. The fraction of sp³-hybridized carbons (Fsp3) is 0.195. The molecule has 9 aromatic carbocycles. The van der Waals surface area contributed by atoms with Crippen LogP contribution in [0.25, 0.3) is 65.8 Å². The van der Waals surface area contributed by atoms with Crippen LogP contribution in [0, 0.1) is 14.8 Å². The lowest BCUT2D eigenvalue weighted by molar-refractivity contribution is -0.282. The van der Waals surface area contributed by atoms with Gasteiger partial charge >= 0.3 is 19.6 Å². The highest BCUT2D eigenvalue weighted by atomic mass is 127. The number of nitrogens with two attached hydrogens (primary N) is 1. The molecule has 7 heterocycles. The van der Waals surface area contributed by atoms with Crippen LogP contribution >= 0.6 is 106 Å². The molecule has 0 bridgehead atoms. The number of hydrogen-bond acceptors (Lipinski definition) is 24. The van der Waals surface area contributed by atoms with Crippen molar-refractivity contribution >= 4 is 186 Å². The van der Waals surface area contributed by atoms with Crippen LogP contribution in [0.5, 0.6) is 17.2 Å². The van der Waals surface area contributed by atoms with E-state index in [1.807, 2.05) is 212 Å². The number of para-hydroxylation sites is 5. The van der Waals surface area contributed by atoms with E-state index in [1.54, 1.807) is 27.6 Å². The SMILES string of the molecule is CCOC(OCC)OCC.COC(=O)CBr.COC(=O)Cn1nc(I)c2ccccc21.Ic1[nH]nc2ccccc12.Ic1nn(Cc2nnco2)c2ccccc12.NNC(=O)Cn1nc(I)c2ccccc21.O[B]Oc1cccc(OCc2ccccc2)c1.c1ccc(COc2cccc(-c3nn(Cc4nnco4)c4ccccc34)c2)cc1. The molecule has 36 heteroatoms. The van der Waals surface area contributed by atoms with Gasteiger partial charge in [-0.15, -0.1) is 20.4 Å². The molecular weight excluding hydrogens is 2030 g/mol. The standard InChI is InChI=1S/C23H18N4O2.C13H12BO3.C10H7IN4O.C10H9IN2O2.C9H9IN4O.C7H5IN2.C7H16O3.C3H5BrO2/c1-2-7-17(8-3-1)15-28-19-10-6-9-18(13-19)23-20-11-4-5-12-21(20)27(26-23)14-22-25-24-16-29-22;15-14-17-13-8-4-7-12(9-13)16-10-11-5-2-1-3-6-11;11-10-7-3-1-2-4-8(7)15(14-10)5-9-13-12-6-16-9;1-15-9(14)6-13-8-5-3-2-4-7(8)10(11)12-13;10-9-6-3-1-2-4-7(6)14(13-9)5-8(15)12-11;8-7-5-3-1-2-4-6(5)9-10-7;1-4-8-7(9-5-2)10-6-3;1-6-3(5)2-4/h1-13,16H,14-15H2;1-9,15H,10H2;1-4,6H,5H2;2-5H,6H2,1H3;1-4H,5,11H2,(H,12,15);1-4H,(H,9,10);7H,4-6H2,1-3H3;2H2,1H3. The van der Waals surface area contributed by atoms with E-state index < -0.39 is 6.48 Å². The Morgan fingerprint density at radius 1 is 0.508 bits per heavy atom.